The molecule has 2 aromatic heterocycles. The second kappa shape index (κ2) is 7.44. The Morgan fingerprint density at radius 2 is 2.07 bits per heavy atom. The van der Waals surface area contributed by atoms with E-state index in [0.717, 1.165) is 42.7 Å². The zero-order chi connectivity index (χ0) is 20.7. The molecule has 1 aliphatic heterocycles. The number of carbonyl (C=O) groups is 1. The minimum Gasteiger partial charge on any atom is -0.489 e. The lowest BCUT2D eigenvalue weighted by atomic mass is 10.2. The summed E-state index contributed by atoms with van der Waals surface area (Å²) in [6, 6.07) is 9.65. The summed E-state index contributed by atoms with van der Waals surface area (Å²) in [7, 11) is 0. The molecule has 1 aromatic carbocycles. The molecule has 3 aromatic rings. The largest absolute Gasteiger partial charge is 0.489 e. The van der Waals surface area contributed by atoms with Gasteiger partial charge in [0.25, 0.3) is 11.5 Å². The number of rotatable bonds is 4. The van der Waals surface area contributed by atoms with Crippen molar-refractivity contribution in [1.29, 1.82) is 0 Å². The van der Waals surface area contributed by atoms with Crippen molar-refractivity contribution in [3.63, 3.8) is 0 Å². The van der Waals surface area contributed by atoms with Gasteiger partial charge in [0.2, 0.25) is 5.95 Å². The third kappa shape index (κ3) is 3.28. The number of H-pyrrole nitrogens is 1. The van der Waals surface area contributed by atoms with Gasteiger partial charge in [-0.3, -0.25) is 14.6 Å². The molecule has 5 rings (SSSR count). The fourth-order valence-corrected chi connectivity index (χ4v) is 4.23. The Labute approximate surface area is 173 Å². The number of ether oxygens (including phenoxy) is 1. The summed E-state index contributed by atoms with van der Waals surface area (Å²) in [5.41, 5.74) is 2.65. The van der Waals surface area contributed by atoms with Gasteiger partial charge in [0.05, 0.1) is 29.7 Å². The molecule has 2 aliphatic rings. The Balaban J connectivity index is 1.34. The van der Waals surface area contributed by atoms with Crippen molar-refractivity contribution in [2.45, 2.75) is 38.7 Å². The lowest BCUT2D eigenvalue weighted by molar-refractivity contribution is 0.0771. The summed E-state index contributed by atoms with van der Waals surface area (Å²) in [6.45, 7) is 2.99. The van der Waals surface area contributed by atoms with Crippen molar-refractivity contribution >= 4 is 5.91 Å². The smallest absolute Gasteiger partial charge is 0.257 e. The molecule has 8 heteroatoms. The highest BCUT2D eigenvalue weighted by molar-refractivity contribution is 5.95. The number of aryl methyl sites for hydroxylation is 1. The molecule has 1 amide bonds. The SMILES string of the molecule is Cc1c(C(=O)N2CCC(Oc3ccccc3)C2)cnn1-c1nc2c(c(=O)[nH]1)CCC2. The van der Waals surface area contributed by atoms with Crippen molar-refractivity contribution in [3.8, 4) is 11.7 Å². The predicted octanol–water partition coefficient (Wildman–Crippen LogP) is 2.05. The predicted molar refractivity (Wildman–Crippen MR) is 110 cm³/mol. The Hall–Kier alpha value is -3.42. The second-order valence-electron chi connectivity index (χ2n) is 7.82. The molecule has 1 aliphatic carbocycles. The van der Waals surface area contributed by atoms with Crippen LogP contribution in [0, 0.1) is 6.92 Å². The van der Waals surface area contributed by atoms with Gasteiger partial charge < -0.3 is 9.64 Å². The molecule has 1 N–H and O–H groups in total. The number of amides is 1. The summed E-state index contributed by atoms with van der Waals surface area (Å²) in [5, 5.41) is 4.34. The minimum atomic E-state index is -0.115. The average molecular weight is 405 g/mol. The Morgan fingerprint density at radius 3 is 2.90 bits per heavy atom. The molecular weight excluding hydrogens is 382 g/mol. The summed E-state index contributed by atoms with van der Waals surface area (Å²) >= 11 is 0. The van der Waals surface area contributed by atoms with Crippen LogP contribution in [-0.2, 0) is 12.8 Å². The summed E-state index contributed by atoms with van der Waals surface area (Å²) in [5.74, 6) is 1.10. The molecule has 1 saturated heterocycles. The van der Waals surface area contributed by atoms with E-state index in [4.69, 9.17) is 4.74 Å². The van der Waals surface area contributed by atoms with Crippen molar-refractivity contribution < 1.29 is 9.53 Å². The van der Waals surface area contributed by atoms with Crippen LogP contribution in [-0.4, -0.2) is 49.7 Å². The van der Waals surface area contributed by atoms with Gasteiger partial charge in [-0.25, -0.2) is 9.67 Å². The van der Waals surface area contributed by atoms with E-state index in [-0.39, 0.29) is 17.6 Å². The number of aromatic amines is 1. The minimum absolute atomic E-state index is 0.0265. The van der Waals surface area contributed by atoms with Crippen molar-refractivity contribution in [2.75, 3.05) is 13.1 Å². The van der Waals surface area contributed by atoms with Gasteiger partial charge in [-0.2, -0.15) is 5.10 Å². The fourth-order valence-electron chi connectivity index (χ4n) is 4.23. The molecule has 154 valence electrons. The number of aromatic nitrogens is 4. The van der Waals surface area contributed by atoms with Crippen LogP contribution in [0.25, 0.3) is 5.95 Å². The number of benzene rings is 1. The maximum absolute atomic E-state index is 13.1. The number of para-hydroxylation sites is 1. The van der Waals surface area contributed by atoms with Crippen LogP contribution in [0.2, 0.25) is 0 Å². The number of hydrogen-bond donors (Lipinski definition) is 1. The van der Waals surface area contributed by atoms with E-state index in [1.54, 1.807) is 15.8 Å². The van der Waals surface area contributed by atoms with Gasteiger partial charge >= 0.3 is 0 Å². The quantitative estimate of drug-likeness (QED) is 0.717. The highest BCUT2D eigenvalue weighted by Crippen LogP contribution is 2.22. The van der Waals surface area contributed by atoms with E-state index in [0.29, 0.717) is 30.3 Å². The first kappa shape index (κ1) is 18.6. The van der Waals surface area contributed by atoms with Gasteiger partial charge in [-0.05, 0) is 38.3 Å². The van der Waals surface area contributed by atoms with E-state index in [1.165, 1.54) is 0 Å². The van der Waals surface area contributed by atoms with E-state index in [2.05, 4.69) is 15.1 Å². The number of nitrogens with zero attached hydrogens (tertiary/aromatic N) is 4. The summed E-state index contributed by atoms with van der Waals surface area (Å²) in [6.07, 6.45) is 4.82. The van der Waals surface area contributed by atoms with E-state index < -0.39 is 0 Å². The van der Waals surface area contributed by atoms with Gasteiger partial charge in [-0.1, -0.05) is 18.2 Å². The highest BCUT2D eigenvalue weighted by Gasteiger charge is 2.30. The van der Waals surface area contributed by atoms with Crippen molar-refractivity contribution in [1.82, 2.24) is 24.6 Å². The van der Waals surface area contributed by atoms with Crippen LogP contribution >= 0.6 is 0 Å². The zero-order valence-electron chi connectivity index (χ0n) is 16.8. The van der Waals surface area contributed by atoms with Crippen LogP contribution in [0.4, 0.5) is 0 Å². The van der Waals surface area contributed by atoms with Crippen LogP contribution < -0.4 is 10.3 Å². The van der Waals surface area contributed by atoms with Crippen molar-refractivity contribution in [2.24, 2.45) is 0 Å². The lowest BCUT2D eigenvalue weighted by Gasteiger charge is -2.17. The monoisotopic (exact) mass is 405 g/mol. The highest BCUT2D eigenvalue weighted by atomic mass is 16.5. The molecule has 0 bridgehead atoms. The van der Waals surface area contributed by atoms with Gasteiger partial charge in [0.1, 0.15) is 11.9 Å². The van der Waals surface area contributed by atoms with Gasteiger partial charge in [-0.15, -0.1) is 0 Å². The van der Waals surface area contributed by atoms with Crippen LogP contribution in [0.1, 0.15) is 40.2 Å². The van der Waals surface area contributed by atoms with Crippen LogP contribution in [0.3, 0.4) is 0 Å². The first-order valence-electron chi connectivity index (χ1n) is 10.3. The van der Waals surface area contributed by atoms with Gasteiger partial charge in [0, 0.05) is 18.5 Å². The number of fused-ring (bicyclic) bond motifs is 1. The molecule has 1 atom stereocenters. The number of likely N-dealkylation sites (tertiary alicyclic amines) is 1. The van der Waals surface area contributed by atoms with Crippen molar-refractivity contribution in [3.05, 3.63) is 69.4 Å². The zero-order valence-corrected chi connectivity index (χ0v) is 16.8. The van der Waals surface area contributed by atoms with Crippen LogP contribution in [0.15, 0.2) is 41.3 Å². The van der Waals surface area contributed by atoms with E-state index in [1.807, 2.05) is 37.3 Å². The normalized spacial score (nSPS) is 17.9. The topological polar surface area (TPSA) is 93.1 Å². The number of nitrogens with one attached hydrogen (secondary N) is 1. The number of hydrogen-bond acceptors (Lipinski definition) is 5. The van der Waals surface area contributed by atoms with E-state index >= 15 is 0 Å². The van der Waals surface area contributed by atoms with Crippen LogP contribution in [0.5, 0.6) is 5.75 Å². The van der Waals surface area contributed by atoms with Gasteiger partial charge in [0.15, 0.2) is 0 Å². The third-order valence-corrected chi connectivity index (χ3v) is 5.85. The molecule has 3 heterocycles. The molecule has 1 fully saturated rings. The Morgan fingerprint density at radius 1 is 1.23 bits per heavy atom. The lowest BCUT2D eigenvalue weighted by Crippen LogP contribution is -2.31. The molecule has 30 heavy (non-hydrogen) atoms. The maximum atomic E-state index is 13.1. The summed E-state index contributed by atoms with van der Waals surface area (Å²) in [4.78, 5) is 34.6. The molecule has 0 saturated carbocycles. The fraction of sp³-hybridized carbons (Fsp3) is 0.364. The molecular formula is C22H23N5O3. The molecule has 8 nitrogen and oxygen atoms in total. The Kier molecular flexibility index (Phi) is 4.61. The number of carbonyl (C=O) groups excluding carboxylic acids is 1. The molecule has 0 radical (unpaired) electrons. The molecule has 1 unspecified atom stereocenters. The standard InChI is InChI=1S/C22H23N5O3/c1-14-18(12-23-27(14)22-24-19-9-5-8-17(19)20(28)25-22)21(29)26-11-10-16(13-26)30-15-6-3-2-4-7-15/h2-4,6-7,12,16H,5,8-11,13H2,1H3,(H,24,25,28). The van der Waals surface area contributed by atoms with E-state index in [9.17, 15) is 9.59 Å². The maximum Gasteiger partial charge on any atom is 0.257 e. The third-order valence-electron chi connectivity index (χ3n) is 5.85. The Bertz CT molecular complexity index is 1150. The summed E-state index contributed by atoms with van der Waals surface area (Å²) < 4.78 is 7.53. The average Bonchev–Trinajstić information content (AvgIpc) is 3.48. The molecule has 0 spiro atoms. The first-order chi connectivity index (χ1) is 14.6. The second-order valence-corrected chi connectivity index (χ2v) is 7.82. The first-order valence-corrected chi connectivity index (χ1v) is 10.3.